The van der Waals surface area contributed by atoms with Crippen LogP contribution < -0.4 is 0 Å². The highest BCUT2D eigenvalue weighted by Gasteiger charge is 2.69. The van der Waals surface area contributed by atoms with Gasteiger partial charge in [-0.3, -0.25) is 0 Å². The fourth-order valence-corrected chi connectivity index (χ4v) is 15.5. The molecule has 6 heterocycles. The molecule has 10 aliphatic rings. The highest BCUT2D eigenvalue weighted by atomic mass is 16.8. The molecule has 6 aliphatic heterocycles. The van der Waals surface area contributed by atoms with Crippen LogP contribution in [0.1, 0.15) is 92.4 Å². The van der Waals surface area contributed by atoms with E-state index in [0.29, 0.717) is 48.3 Å². The van der Waals surface area contributed by atoms with E-state index in [0.717, 1.165) is 51.6 Å². The first-order chi connectivity index (χ1) is 34.7. The number of aliphatic hydroxyl groups excluding tert-OH is 12. The van der Waals surface area contributed by atoms with Crippen LogP contribution in [0.15, 0.2) is 11.6 Å². The van der Waals surface area contributed by atoms with Gasteiger partial charge in [0, 0.05) is 12.3 Å². The molecule has 1 spiro atoms. The monoisotopic (exact) mass is 1050 g/mol. The maximum atomic E-state index is 11.7. The molecule has 0 radical (unpaired) electrons. The number of allylic oxidation sites excluding steroid dienone is 1. The third-order valence-electron chi connectivity index (χ3n) is 19.8. The topological polar surface area (TPSA) is 335 Å². The molecule has 6 saturated heterocycles. The van der Waals surface area contributed by atoms with Gasteiger partial charge in [-0.2, -0.15) is 0 Å². The van der Waals surface area contributed by atoms with E-state index in [2.05, 4.69) is 33.8 Å². The average Bonchev–Trinajstić information content (AvgIpc) is 3.82. The molecule has 418 valence electrons. The molecule has 31 atom stereocenters. The van der Waals surface area contributed by atoms with Crippen LogP contribution in [-0.2, 0) is 47.4 Å². The van der Waals surface area contributed by atoms with Crippen LogP contribution in [-0.4, -0.2) is 229 Å². The Morgan fingerprint density at radius 3 is 1.89 bits per heavy atom. The van der Waals surface area contributed by atoms with Crippen LogP contribution in [0, 0.1) is 46.3 Å². The van der Waals surface area contributed by atoms with Crippen molar-refractivity contribution in [3.63, 3.8) is 0 Å². The Morgan fingerprint density at radius 1 is 0.575 bits per heavy atom. The number of hydrogen-bond acceptors (Lipinski definition) is 22. The highest BCUT2D eigenvalue weighted by Crippen LogP contribution is 2.71. The van der Waals surface area contributed by atoms with Crippen molar-refractivity contribution >= 4 is 0 Å². The largest absolute Gasteiger partial charge is 0.394 e. The van der Waals surface area contributed by atoms with E-state index in [-0.39, 0.29) is 23.0 Å². The minimum atomic E-state index is -2.01. The molecule has 0 aromatic heterocycles. The molecule has 1 unspecified atom stereocenters. The molecule has 10 rings (SSSR count). The van der Waals surface area contributed by atoms with Crippen molar-refractivity contribution in [1.82, 2.24) is 0 Å². The summed E-state index contributed by atoms with van der Waals surface area (Å²) < 4.78 is 60.8. The summed E-state index contributed by atoms with van der Waals surface area (Å²) in [6, 6.07) is 0. The average molecular weight is 1050 g/mol. The van der Waals surface area contributed by atoms with Crippen LogP contribution in [0.3, 0.4) is 0 Å². The van der Waals surface area contributed by atoms with Crippen LogP contribution in [0.4, 0.5) is 0 Å². The minimum Gasteiger partial charge on any atom is -0.394 e. The Bertz CT molecular complexity index is 1920. The normalized spacial score (nSPS) is 57.1. The molecule has 73 heavy (non-hydrogen) atoms. The number of hydrogen-bond donors (Lipinski definition) is 12. The van der Waals surface area contributed by atoms with Gasteiger partial charge in [0.25, 0.3) is 0 Å². The SMILES string of the molecule is CC1CC[C@@]2(OC1)O[C@H]1C[C@H]3[C@@H]4CC=C5C[C@@H](O[C@@H]6O[C@H](CO)[C@@H](O[C@@H]7O[C@H](CO)[C@@H](O)[C@H](O[C@@H]8O[C@H](CO)[C@@H](O)[C@H](O)[C@H]8O[C@@H]8O[C@@H](C)[C@H](O)[C@@H](O)[C@H]8O)[C@H]7O)[C@H](O)[C@H]6O)CC[C@]5(C)[C@H]4CC[C@]3(C)[C@H]1[C@@H]2C. The molecule has 22 heteroatoms. The molecule has 9 fully saturated rings. The third kappa shape index (κ3) is 9.42. The van der Waals surface area contributed by atoms with Crippen molar-refractivity contribution in [1.29, 1.82) is 0 Å². The van der Waals surface area contributed by atoms with Crippen molar-refractivity contribution in [2.24, 2.45) is 46.3 Å². The number of rotatable bonds is 11. The first-order valence-corrected chi connectivity index (χ1v) is 26.9. The maximum absolute atomic E-state index is 11.7. The zero-order chi connectivity index (χ0) is 52.2. The molecular weight excluding hydrogens is 965 g/mol. The summed E-state index contributed by atoms with van der Waals surface area (Å²) in [5.41, 5.74) is 1.48. The Labute approximate surface area is 425 Å². The summed E-state index contributed by atoms with van der Waals surface area (Å²) in [5, 5.41) is 130. The predicted octanol–water partition coefficient (Wildman–Crippen LogP) is -1.96. The predicted molar refractivity (Wildman–Crippen MR) is 247 cm³/mol. The Kier molecular flexibility index (Phi) is 16.0. The quantitative estimate of drug-likeness (QED) is 0.1000. The van der Waals surface area contributed by atoms with Gasteiger partial charge in [0.05, 0.1) is 44.7 Å². The highest BCUT2D eigenvalue weighted by molar-refractivity contribution is 5.26. The fourth-order valence-electron chi connectivity index (χ4n) is 15.5. The lowest BCUT2D eigenvalue weighted by Gasteiger charge is -2.58. The van der Waals surface area contributed by atoms with Crippen molar-refractivity contribution < 1.29 is 109 Å². The lowest BCUT2D eigenvalue weighted by Crippen LogP contribution is -2.68. The zero-order valence-electron chi connectivity index (χ0n) is 42.4. The van der Waals surface area contributed by atoms with E-state index >= 15 is 0 Å². The smallest absolute Gasteiger partial charge is 0.187 e. The molecule has 0 bridgehead atoms. The first-order valence-electron chi connectivity index (χ1n) is 26.9. The van der Waals surface area contributed by atoms with Gasteiger partial charge < -0.3 is 109 Å². The van der Waals surface area contributed by atoms with Crippen LogP contribution in [0.5, 0.6) is 0 Å². The van der Waals surface area contributed by atoms with E-state index in [9.17, 15) is 61.3 Å². The van der Waals surface area contributed by atoms with Gasteiger partial charge >= 0.3 is 0 Å². The van der Waals surface area contributed by atoms with E-state index in [1.165, 1.54) is 12.5 Å². The molecule has 22 nitrogen and oxygen atoms in total. The van der Waals surface area contributed by atoms with Crippen molar-refractivity contribution in [2.75, 3.05) is 26.4 Å². The van der Waals surface area contributed by atoms with Crippen LogP contribution in [0.2, 0.25) is 0 Å². The van der Waals surface area contributed by atoms with Gasteiger partial charge in [0.2, 0.25) is 0 Å². The fraction of sp³-hybridized carbons (Fsp3) is 0.961. The molecular formula is C51H82O22. The number of fused-ring (bicyclic) bond motifs is 7. The second kappa shape index (κ2) is 21.2. The van der Waals surface area contributed by atoms with Crippen LogP contribution >= 0.6 is 0 Å². The first kappa shape index (κ1) is 55.2. The summed E-state index contributed by atoms with van der Waals surface area (Å²) in [6.45, 7) is 9.23. The molecule has 4 aliphatic carbocycles. The van der Waals surface area contributed by atoms with Gasteiger partial charge in [0.1, 0.15) is 91.6 Å². The lowest BCUT2D eigenvalue weighted by atomic mass is 9.47. The second-order valence-electron chi connectivity index (χ2n) is 23.9. The Hall–Kier alpha value is -1.14. The van der Waals surface area contributed by atoms with E-state index in [1.54, 1.807) is 0 Å². The lowest BCUT2D eigenvalue weighted by molar-refractivity contribution is -0.396. The summed E-state index contributed by atoms with van der Waals surface area (Å²) in [7, 11) is 0. The standard InChI is InChI=1S/C51H82O22/c1-20-8-13-51(64-19-20)21(2)32-28(73-51)15-27-25-7-6-23-14-24(9-11-49(23,4)26(25)10-12-50(27,32)5)66-46-40(62)38(60)42(31(18-54)69-46)70-47-41(63)43(35(57)30(17-53)67-47)71-48-44(37(59)34(56)29(16-52)68-48)72-45-39(61)36(58)33(55)22(3)65-45/h6,20-22,24-48,52-63H,7-19H2,1-5H3/t20?,21-,22-,24-,25+,26-,27-,28-,29+,30+,31+,32-,33-,34+,35+,36+,37-,38+,39+,40+,41+,42+,43-,44+,45-,46+,47-,48-,49-,50-,51+/m0/s1. The van der Waals surface area contributed by atoms with Crippen molar-refractivity contribution in [3.8, 4) is 0 Å². The van der Waals surface area contributed by atoms with Gasteiger partial charge in [-0.15, -0.1) is 0 Å². The van der Waals surface area contributed by atoms with E-state index in [1.807, 2.05) is 0 Å². The van der Waals surface area contributed by atoms with Gasteiger partial charge in [-0.05, 0) is 98.7 Å². The Morgan fingerprint density at radius 2 is 1.19 bits per heavy atom. The van der Waals surface area contributed by atoms with E-state index in [4.69, 9.17) is 47.4 Å². The molecule has 0 aromatic rings. The second-order valence-corrected chi connectivity index (χ2v) is 23.9. The molecule has 12 N–H and O–H groups in total. The van der Waals surface area contributed by atoms with Crippen molar-refractivity contribution in [3.05, 3.63) is 11.6 Å². The van der Waals surface area contributed by atoms with Gasteiger partial charge in [-0.25, -0.2) is 0 Å². The molecule has 3 saturated carbocycles. The molecule has 0 amide bonds. The summed E-state index contributed by atoms with van der Waals surface area (Å²) in [4.78, 5) is 0. The van der Waals surface area contributed by atoms with E-state index < -0.39 is 148 Å². The van der Waals surface area contributed by atoms with Crippen LogP contribution in [0.25, 0.3) is 0 Å². The Balaban J connectivity index is 0.783. The molecule has 0 aromatic carbocycles. The van der Waals surface area contributed by atoms with Gasteiger partial charge in [-0.1, -0.05) is 39.3 Å². The minimum absolute atomic E-state index is 0.0314. The van der Waals surface area contributed by atoms with Crippen molar-refractivity contribution in [2.45, 2.75) is 233 Å². The summed E-state index contributed by atoms with van der Waals surface area (Å²) in [6.07, 6.45) is -23.0. The summed E-state index contributed by atoms with van der Waals surface area (Å²) >= 11 is 0. The van der Waals surface area contributed by atoms with Gasteiger partial charge in [0.15, 0.2) is 30.9 Å². The zero-order valence-corrected chi connectivity index (χ0v) is 42.4. The third-order valence-corrected chi connectivity index (χ3v) is 19.8. The maximum Gasteiger partial charge on any atom is 0.187 e. The number of aliphatic hydroxyl groups is 12. The summed E-state index contributed by atoms with van der Waals surface area (Å²) in [5.74, 6) is 2.52. The number of ether oxygens (including phenoxy) is 10.